The molecule has 0 saturated heterocycles. The van der Waals surface area contributed by atoms with E-state index in [-0.39, 0.29) is 24.4 Å². The zero-order valence-electron chi connectivity index (χ0n) is 20.1. The molecule has 2 amide bonds. The van der Waals surface area contributed by atoms with Crippen LogP contribution < -0.4 is 0 Å². The molecule has 2 heterocycles. The smallest absolute Gasteiger partial charge is 0.247 e. The number of carbonyl (C=O) groups is 2. The molecule has 2 aromatic carbocycles. The summed E-state index contributed by atoms with van der Waals surface area (Å²) in [6.07, 6.45) is 4.88. The minimum absolute atomic E-state index is 0.0337. The van der Waals surface area contributed by atoms with Gasteiger partial charge in [0.05, 0.1) is 6.04 Å². The Morgan fingerprint density at radius 1 is 1.09 bits per heavy atom. The van der Waals surface area contributed by atoms with Crippen LogP contribution in [0.25, 0.3) is 6.08 Å². The summed E-state index contributed by atoms with van der Waals surface area (Å²) in [6, 6.07) is 21.9. The molecule has 0 spiro atoms. The zero-order valence-corrected chi connectivity index (χ0v) is 21.0. The van der Waals surface area contributed by atoms with E-state index in [2.05, 4.69) is 23.6 Å². The van der Waals surface area contributed by atoms with E-state index in [0.29, 0.717) is 32.7 Å². The summed E-state index contributed by atoms with van der Waals surface area (Å²) in [6.45, 7) is 4.31. The maximum atomic E-state index is 13.7. The summed E-state index contributed by atoms with van der Waals surface area (Å²) in [5, 5.41) is 2.10. The predicted octanol–water partition coefficient (Wildman–Crippen LogP) is 5.19. The van der Waals surface area contributed by atoms with Gasteiger partial charge in [0.25, 0.3) is 0 Å². The van der Waals surface area contributed by atoms with Crippen LogP contribution in [0.5, 0.6) is 0 Å². The van der Waals surface area contributed by atoms with E-state index in [1.54, 1.807) is 28.4 Å². The Balaban J connectivity index is 1.52. The third-order valence-corrected chi connectivity index (χ3v) is 7.17. The zero-order chi connectivity index (χ0) is 24.5. The number of hydrogen-bond donors (Lipinski definition) is 0. The van der Waals surface area contributed by atoms with Gasteiger partial charge >= 0.3 is 0 Å². The van der Waals surface area contributed by atoms with Crippen molar-refractivity contribution >= 4 is 29.2 Å². The van der Waals surface area contributed by atoms with E-state index >= 15 is 0 Å². The molecule has 1 aliphatic rings. The first-order valence-corrected chi connectivity index (χ1v) is 13.1. The van der Waals surface area contributed by atoms with E-state index in [1.807, 2.05) is 60.4 Å². The molecule has 1 aliphatic heterocycles. The molecule has 5 nitrogen and oxygen atoms in total. The number of benzene rings is 2. The molecule has 3 aromatic rings. The number of thiophene rings is 1. The third kappa shape index (κ3) is 6.47. The molecular formula is C29H32N2O3S. The molecule has 182 valence electrons. The summed E-state index contributed by atoms with van der Waals surface area (Å²) in [5.74, 6) is -0.197. The molecule has 0 bridgehead atoms. The molecule has 35 heavy (non-hydrogen) atoms. The number of nitrogens with zero attached hydrogens (tertiary/aromatic N) is 2. The van der Waals surface area contributed by atoms with Crippen LogP contribution in [0.15, 0.2) is 78.2 Å². The van der Waals surface area contributed by atoms with Gasteiger partial charge in [0, 0.05) is 37.3 Å². The topological polar surface area (TPSA) is 49.9 Å². The first-order chi connectivity index (χ1) is 17.2. The van der Waals surface area contributed by atoms with Crippen molar-refractivity contribution in [1.29, 1.82) is 0 Å². The number of hydrogen-bond acceptors (Lipinski definition) is 4. The van der Waals surface area contributed by atoms with Crippen molar-refractivity contribution in [3.63, 3.8) is 0 Å². The third-order valence-electron chi connectivity index (χ3n) is 6.18. The van der Waals surface area contributed by atoms with Gasteiger partial charge < -0.3 is 14.5 Å². The SMILES string of the molecule is CCOCCCN(CC(=O)N1CCc2sccc2C1c1ccccc1)C(=O)C=Cc1ccccc1. The van der Waals surface area contributed by atoms with Crippen molar-refractivity contribution in [3.05, 3.63) is 99.8 Å². The van der Waals surface area contributed by atoms with E-state index in [9.17, 15) is 9.59 Å². The minimum Gasteiger partial charge on any atom is -0.382 e. The first kappa shape index (κ1) is 24.9. The second-order valence-corrected chi connectivity index (χ2v) is 9.50. The van der Waals surface area contributed by atoms with Gasteiger partial charge in [-0.05, 0) is 54.0 Å². The highest BCUT2D eigenvalue weighted by Gasteiger charge is 2.33. The quantitative estimate of drug-likeness (QED) is 0.291. The maximum Gasteiger partial charge on any atom is 0.247 e. The van der Waals surface area contributed by atoms with Crippen molar-refractivity contribution in [1.82, 2.24) is 9.80 Å². The number of carbonyl (C=O) groups excluding carboxylic acids is 2. The molecular weight excluding hydrogens is 456 g/mol. The monoisotopic (exact) mass is 488 g/mol. The standard InChI is InChI=1S/C29H32N2O3S/c1-2-34-20-9-18-30(27(32)15-14-23-10-5-3-6-11-23)22-28(33)31-19-16-26-25(17-21-35-26)29(31)24-12-7-4-8-13-24/h3-8,10-15,17,21,29H,2,9,16,18-20,22H2,1H3. The lowest BCUT2D eigenvalue weighted by Crippen LogP contribution is -2.46. The lowest BCUT2D eigenvalue weighted by Gasteiger charge is -2.37. The Kier molecular flexibility index (Phi) is 8.87. The molecule has 1 unspecified atom stereocenters. The molecule has 1 aromatic heterocycles. The van der Waals surface area contributed by atoms with Crippen LogP contribution in [-0.2, 0) is 20.7 Å². The molecule has 1 atom stereocenters. The Hall–Kier alpha value is -3.22. The van der Waals surface area contributed by atoms with Crippen molar-refractivity contribution < 1.29 is 14.3 Å². The van der Waals surface area contributed by atoms with Crippen LogP contribution in [-0.4, -0.2) is 54.5 Å². The summed E-state index contributed by atoms with van der Waals surface area (Å²) in [7, 11) is 0. The normalized spacial score (nSPS) is 15.2. The fourth-order valence-corrected chi connectivity index (χ4v) is 5.34. The van der Waals surface area contributed by atoms with Crippen molar-refractivity contribution in [2.45, 2.75) is 25.8 Å². The highest BCUT2D eigenvalue weighted by Crippen LogP contribution is 2.37. The van der Waals surface area contributed by atoms with Crippen molar-refractivity contribution in [3.8, 4) is 0 Å². The summed E-state index contributed by atoms with van der Waals surface area (Å²) < 4.78 is 5.47. The summed E-state index contributed by atoms with van der Waals surface area (Å²) in [4.78, 5) is 31.7. The van der Waals surface area contributed by atoms with Crippen molar-refractivity contribution in [2.24, 2.45) is 0 Å². The Bertz CT molecular complexity index is 1130. The van der Waals surface area contributed by atoms with Crippen LogP contribution in [0, 0.1) is 0 Å². The maximum absolute atomic E-state index is 13.7. The van der Waals surface area contributed by atoms with E-state index in [4.69, 9.17) is 4.74 Å². The largest absolute Gasteiger partial charge is 0.382 e. The number of rotatable bonds is 10. The molecule has 0 aliphatic carbocycles. The Morgan fingerprint density at radius 2 is 1.83 bits per heavy atom. The average Bonchev–Trinajstić information content (AvgIpc) is 3.38. The molecule has 0 fully saturated rings. The first-order valence-electron chi connectivity index (χ1n) is 12.2. The van der Waals surface area contributed by atoms with E-state index < -0.39 is 0 Å². The van der Waals surface area contributed by atoms with Gasteiger partial charge in [-0.15, -0.1) is 11.3 Å². The second kappa shape index (κ2) is 12.5. The minimum atomic E-state index is -0.164. The average molecular weight is 489 g/mol. The highest BCUT2D eigenvalue weighted by molar-refractivity contribution is 7.10. The lowest BCUT2D eigenvalue weighted by atomic mass is 9.93. The van der Waals surface area contributed by atoms with E-state index in [1.165, 1.54) is 10.4 Å². The van der Waals surface area contributed by atoms with Crippen LogP contribution in [0.2, 0.25) is 0 Å². The Morgan fingerprint density at radius 3 is 2.57 bits per heavy atom. The summed E-state index contributed by atoms with van der Waals surface area (Å²) in [5.41, 5.74) is 3.24. The van der Waals surface area contributed by atoms with Gasteiger partial charge in [0.2, 0.25) is 11.8 Å². The number of amides is 2. The van der Waals surface area contributed by atoms with Gasteiger partial charge in [0.15, 0.2) is 0 Å². The van der Waals surface area contributed by atoms with Gasteiger partial charge in [-0.3, -0.25) is 9.59 Å². The fourth-order valence-electron chi connectivity index (χ4n) is 4.44. The molecule has 0 radical (unpaired) electrons. The molecule has 6 heteroatoms. The number of fused-ring (bicyclic) bond motifs is 1. The van der Waals surface area contributed by atoms with Gasteiger partial charge in [-0.2, -0.15) is 0 Å². The summed E-state index contributed by atoms with van der Waals surface area (Å²) >= 11 is 1.75. The molecule has 0 saturated carbocycles. The molecule has 4 rings (SSSR count). The molecule has 0 N–H and O–H groups in total. The lowest BCUT2D eigenvalue weighted by molar-refractivity contribution is -0.139. The second-order valence-electron chi connectivity index (χ2n) is 8.50. The van der Waals surface area contributed by atoms with Gasteiger partial charge in [-0.1, -0.05) is 60.7 Å². The Labute approximate surface area is 211 Å². The predicted molar refractivity (Wildman–Crippen MR) is 141 cm³/mol. The van der Waals surface area contributed by atoms with Crippen LogP contribution in [0.4, 0.5) is 0 Å². The highest BCUT2D eigenvalue weighted by atomic mass is 32.1. The van der Waals surface area contributed by atoms with Crippen LogP contribution >= 0.6 is 11.3 Å². The number of ether oxygens (including phenoxy) is 1. The van der Waals surface area contributed by atoms with Gasteiger partial charge in [-0.25, -0.2) is 0 Å². The van der Waals surface area contributed by atoms with Crippen LogP contribution in [0.1, 0.15) is 41.0 Å². The van der Waals surface area contributed by atoms with E-state index in [0.717, 1.165) is 17.5 Å². The van der Waals surface area contributed by atoms with Crippen LogP contribution in [0.3, 0.4) is 0 Å². The van der Waals surface area contributed by atoms with Gasteiger partial charge in [0.1, 0.15) is 6.54 Å². The van der Waals surface area contributed by atoms with Crippen molar-refractivity contribution in [2.75, 3.05) is 32.8 Å². The fraction of sp³-hybridized carbons (Fsp3) is 0.310.